The number of methoxy groups -OCH3 is 1. The van der Waals surface area contributed by atoms with Gasteiger partial charge in [-0.15, -0.1) is 0 Å². The molecule has 0 radical (unpaired) electrons. The minimum atomic E-state index is -1.00. The van der Waals surface area contributed by atoms with Crippen LogP contribution >= 0.6 is 0 Å². The van der Waals surface area contributed by atoms with Gasteiger partial charge in [0.15, 0.2) is 0 Å². The highest BCUT2D eigenvalue weighted by molar-refractivity contribution is 5.92. The van der Waals surface area contributed by atoms with Gasteiger partial charge in [0.1, 0.15) is 35.1 Å². The third-order valence-corrected chi connectivity index (χ3v) is 8.39. The van der Waals surface area contributed by atoms with Gasteiger partial charge in [-0.25, -0.2) is 14.4 Å². The fourth-order valence-corrected chi connectivity index (χ4v) is 5.92. The van der Waals surface area contributed by atoms with Crippen molar-refractivity contribution in [3.63, 3.8) is 0 Å². The summed E-state index contributed by atoms with van der Waals surface area (Å²) in [6.45, 7) is 21.1. The van der Waals surface area contributed by atoms with Crippen LogP contribution in [0.1, 0.15) is 102 Å². The van der Waals surface area contributed by atoms with E-state index < -0.39 is 83.1 Å². The molecule has 0 saturated heterocycles. The molecule has 0 spiro atoms. The summed E-state index contributed by atoms with van der Waals surface area (Å²) in [5.74, 6) is -3.92. The van der Waals surface area contributed by atoms with E-state index in [2.05, 4.69) is 21.3 Å². The summed E-state index contributed by atoms with van der Waals surface area (Å²) in [6.07, 6.45) is 2.84. The van der Waals surface area contributed by atoms with Gasteiger partial charge in [0, 0.05) is 18.4 Å². The number of fused-ring (bicyclic) bond motifs is 1. The molecule has 3 unspecified atom stereocenters. The number of esters is 1. The van der Waals surface area contributed by atoms with E-state index in [0.29, 0.717) is 12.2 Å². The number of hydrogen-bond acceptors (Lipinski definition) is 10. The molecule has 0 aromatic rings. The predicted molar refractivity (Wildman–Crippen MR) is 190 cm³/mol. The lowest BCUT2D eigenvalue weighted by Gasteiger charge is -2.39. The zero-order valence-electron chi connectivity index (χ0n) is 32.6. The summed E-state index contributed by atoms with van der Waals surface area (Å²) >= 11 is 0. The summed E-state index contributed by atoms with van der Waals surface area (Å²) in [5.41, 5.74) is -0.679. The number of alkyl carbamates (subject to hydrolysis) is 1. The first-order valence-corrected chi connectivity index (χ1v) is 17.7. The summed E-state index contributed by atoms with van der Waals surface area (Å²) in [5, 5.41) is 11.3. The van der Waals surface area contributed by atoms with Gasteiger partial charge in [-0.1, -0.05) is 53.2 Å². The second kappa shape index (κ2) is 17.9. The first-order valence-electron chi connectivity index (χ1n) is 17.7. The highest BCUT2D eigenvalue weighted by atomic mass is 16.7. The molecule has 51 heavy (non-hydrogen) atoms. The number of carbonyl (C=O) groups is 6. The lowest BCUT2D eigenvalue weighted by atomic mass is 9.70. The molecule has 0 bridgehead atoms. The molecule has 1 fully saturated rings. The molecule has 0 heterocycles. The van der Waals surface area contributed by atoms with Crippen LogP contribution in [0, 0.1) is 29.6 Å². The van der Waals surface area contributed by atoms with E-state index in [1.807, 2.05) is 6.08 Å². The van der Waals surface area contributed by atoms with Crippen molar-refractivity contribution in [1.82, 2.24) is 21.3 Å². The number of carbonyl (C=O) groups excluding carboxylic acids is 6. The molecule has 1 saturated carbocycles. The summed E-state index contributed by atoms with van der Waals surface area (Å²) in [6, 6.07) is -3.33. The topological polar surface area (TPSA) is 187 Å². The molecular formula is C37H60N4O10. The molecule has 2 rings (SSSR count). The minimum Gasteiger partial charge on any atom is -0.467 e. The van der Waals surface area contributed by atoms with E-state index in [9.17, 15) is 28.8 Å². The van der Waals surface area contributed by atoms with Crippen LogP contribution in [0.4, 0.5) is 9.59 Å². The summed E-state index contributed by atoms with van der Waals surface area (Å²) in [7, 11) is 1.24. The Balaban J connectivity index is 2.40. The molecule has 14 nitrogen and oxygen atoms in total. The maximum atomic E-state index is 14.2. The number of ether oxygens (including phenoxy) is 4. The van der Waals surface area contributed by atoms with Crippen LogP contribution in [0.2, 0.25) is 0 Å². The van der Waals surface area contributed by atoms with Crippen LogP contribution in [0.15, 0.2) is 23.5 Å². The molecule has 14 heteroatoms. The van der Waals surface area contributed by atoms with Gasteiger partial charge in [0.25, 0.3) is 0 Å². The van der Waals surface area contributed by atoms with Gasteiger partial charge in [-0.3, -0.25) is 14.4 Å². The van der Waals surface area contributed by atoms with Crippen LogP contribution in [-0.4, -0.2) is 78.4 Å². The fraction of sp³-hybridized carbons (Fsp3) is 0.730. The van der Waals surface area contributed by atoms with Crippen molar-refractivity contribution in [2.24, 2.45) is 29.6 Å². The Morgan fingerprint density at radius 3 is 1.80 bits per heavy atom. The zero-order chi connectivity index (χ0) is 39.0. The minimum absolute atomic E-state index is 0.177. The maximum absolute atomic E-state index is 14.2. The van der Waals surface area contributed by atoms with E-state index in [-0.39, 0.29) is 30.6 Å². The van der Waals surface area contributed by atoms with E-state index >= 15 is 0 Å². The van der Waals surface area contributed by atoms with Crippen molar-refractivity contribution in [1.29, 1.82) is 0 Å². The number of amides is 4. The van der Waals surface area contributed by atoms with Gasteiger partial charge in [0.2, 0.25) is 17.7 Å². The van der Waals surface area contributed by atoms with Crippen molar-refractivity contribution in [3.05, 3.63) is 23.5 Å². The van der Waals surface area contributed by atoms with E-state index in [1.165, 1.54) is 7.11 Å². The van der Waals surface area contributed by atoms with Crippen LogP contribution in [-0.2, 0) is 38.1 Å². The summed E-state index contributed by atoms with van der Waals surface area (Å²) < 4.78 is 21.1. The third kappa shape index (κ3) is 13.5. The lowest BCUT2D eigenvalue weighted by Crippen LogP contribution is -2.57. The van der Waals surface area contributed by atoms with Crippen LogP contribution in [0.5, 0.6) is 0 Å². The first-order chi connectivity index (χ1) is 23.4. The molecule has 2 aliphatic rings. The van der Waals surface area contributed by atoms with Gasteiger partial charge < -0.3 is 40.2 Å². The van der Waals surface area contributed by atoms with Gasteiger partial charge in [-0.05, 0) is 78.2 Å². The molecule has 2 aliphatic carbocycles. The van der Waals surface area contributed by atoms with Gasteiger partial charge in [-0.2, -0.15) is 0 Å². The van der Waals surface area contributed by atoms with Crippen LogP contribution in [0.3, 0.4) is 0 Å². The molecule has 0 aromatic heterocycles. The molecule has 0 aliphatic heterocycles. The Labute approximate surface area is 302 Å². The van der Waals surface area contributed by atoms with Gasteiger partial charge in [0.05, 0.1) is 13.0 Å². The molecule has 4 N–H and O–H groups in total. The second-order valence-corrected chi connectivity index (χ2v) is 16.3. The standard InChI is InChI=1S/C37H60N4O10/c1-19(2)27(32(44)40-29(21(5)6)33(45)48-13)39-30(42)26-17-23(38-31(43)28(20(3)4)41-34(46)50-36(7,8)9)16-22-14-15-24(18-25(22)26)49-35(47)51-37(10,11)12/h14,18-21,23,25-29H,15-17H2,1-13H3,(H,38,43)(H,39,42)(H,40,44)(H,41,46)/t23?,25?,26?,27-,28-,29-/m0/s1. The molecule has 0 aromatic carbocycles. The zero-order valence-corrected chi connectivity index (χ0v) is 32.6. The van der Waals surface area contributed by atoms with E-state index in [4.69, 9.17) is 18.9 Å². The van der Waals surface area contributed by atoms with Crippen LogP contribution < -0.4 is 21.3 Å². The average Bonchev–Trinajstić information content (AvgIpc) is 2.98. The number of hydrogen-bond donors (Lipinski definition) is 4. The maximum Gasteiger partial charge on any atom is 0.514 e. The largest absolute Gasteiger partial charge is 0.514 e. The number of rotatable bonds is 12. The Bertz CT molecular complexity index is 1360. The average molecular weight is 721 g/mol. The van der Waals surface area contributed by atoms with Gasteiger partial charge >= 0.3 is 18.2 Å². The Hall–Kier alpha value is -4.10. The van der Waals surface area contributed by atoms with E-state index in [0.717, 1.165) is 5.57 Å². The highest BCUT2D eigenvalue weighted by Gasteiger charge is 2.42. The Morgan fingerprint density at radius 1 is 0.745 bits per heavy atom. The SMILES string of the molecule is COC(=O)[C@@H](NC(=O)[C@@H](NC(=O)C1CC(NC(=O)[C@@H](NC(=O)OC(C)(C)C)C(C)C)CC2=CCC(OC(=O)OC(C)(C)C)=CC21)C(C)C)C(C)C. The third-order valence-electron chi connectivity index (χ3n) is 8.39. The summed E-state index contributed by atoms with van der Waals surface area (Å²) in [4.78, 5) is 78.7. The quantitative estimate of drug-likeness (QED) is 0.125. The first kappa shape index (κ1) is 43.1. The smallest absolute Gasteiger partial charge is 0.467 e. The molecule has 4 amide bonds. The Kier molecular flexibility index (Phi) is 15.1. The molecule has 288 valence electrons. The molecule has 6 atom stereocenters. The number of allylic oxidation sites excluding steroid dienone is 2. The van der Waals surface area contributed by atoms with Crippen LogP contribution in [0.25, 0.3) is 0 Å². The van der Waals surface area contributed by atoms with Crippen molar-refractivity contribution < 1.29 is 47.7 Å². The monoisotopic (exact) mass is 720 g/mol. The van der Waals surface area contributed by atoms with Crippen molar-refractivity contribution >= 4 is 35.9 Å². The normalized spacial score (nSPS) is 20.8. The lowest BCUT2D eigenvalue weighted by molar-refractivity contribution is -0.147. The predicted octanol–water partition coefficient (Wildman–Crippen LogP) is 4.67. The van der Waals surface area contributed by atoms with E-state index in [1.54, 1.807) is 89.2 Å². The number of nitrogens with one attached hydrogen (secondary N) is 4. The second-order valence-electron chi connectivity index (χ2n) is 16.3. The molecular weight excluding hydrogens is 660 g/mol. The van der Waals surface area contributed by atoms with Crippen molar-refractivity contribution in [2.75, 3.05) is 7.11 Å². The van der Waals surface area contributed by atoms with Crippen molar-refractivity contribution in [3.8, 4) is 0 Å². The Morgan fingerprint density at radius 2 is 1.29 bits per heavy atom. The van der Waals surface area contributed by atoms with Crippen molar-refractivity contribution in [2.45, 2.75) is 138 Å². The highest BCUT2D eigenvalue weighted by Crippen LogP contribution is 2.40. The fourth-order valence-electron chi connectivity index (χ4n) is 5.92.